The fraction of sp³-hybridized carbons (Fsp3) is 0.593. The van der Waals surface area contributed by atoms with Crippen LogP contribution in [0.5, 0.6) is 0 Å². The number of benzene rings is 1. The molecule has 1 aromatic carbocycles. The highest BCUT2D eigenvalue weighted by Gasteiger charge is 2.35. The van der Waals surface area contributed by atoms with Gasteiger partial charge in [0.1, 0.15) is 5.60 Å². The van der Waals surface area contributed by atoms with E-state index < -0.39 is 16.6 Å². The molecule has 2 amide bonds. The monoisotopic (exact) mass is 511 g/mol. The van der Waals surface area contributed by atoms with Gasteiger partial charge in [0.2, 0.25) is 0 Å². The first-order valence-electron chi connectivity index (χ1n) is 12.9. The zero-order valence-corrected chi connectivity index (χ0v) is 22.4. The number of hydrogen-bond acceptors (Lipinski definition) is 6. The number of ether oxygens (including phenoxy) is 1. The van der Waals surface area contributed by atoms with Crippen LogP contribution in [0, 0.1) is 33.3 Å². The minimum absolute atomic E-state index is 0.0841. The number of nitrogens with one attached hydrogen (secondary N) is 1. The van der Waals surface area contributed by atoms with Gasteiger partial charge in [0.15, 0.2) is 5.69 Å². The molecule has 3 rings (SSSR count). The summed E-state index contributed by atoms with van der Waals surface area (Å²) >= 11 is 0. The summed E-state index contributed by atoms with van der Waals surface area (Å²) in [5, 5.41) is 24.7. The summed E-state index contributed by atoms with van der Waals surface area (Å²) in [5.74, 6) is 0.318. The van der Waals surface area contributed by atoms with Gasteiger partial charge >= 0.3 is 11.8 Å². The third kappa shape index (κ3) is 7.00. The fourth-order valence-electron chi connectivity index (χ4n) is 4.69. The molecule has 37 heavy (non-hydrogen) atoms. The predicted molar refractivity (Wildman–Crippen MR) is 140 cm³/mol. The van der Waals surface area contributed by atoms with Crippen molar-refractivity contribution in [1.82, 2.24) is 14.8 Å². The summed E-state index contributed by atoms with van der Waals surface area (Å²) in [6.45, 7) is 11.5. The van der Waals surface area contributed by atoms with Gasteiger partial charge in [0.05, 0.1) is 27.5 Å². The Labute approximate surface area is 217 Å². The van der Waals surface area contributed by atoms with Crippen LogP contribution < -0.4 is 5.32 Å². The van der Waals surface area contributed by atoms with Crippen molar-refractivity contribution in [1.29, 1.82) is 5.26 Å². The molecule has 0 unspecified atom stereocenters. The molecule has 200 valence electrons. The van der Waals surface area contributed by atoms with Crippen LogP contribution in [-0.2, 0) is 11.3 Å². The van der Waals surface area contributed by atoms with Crippen molar-refractivity contribution in [3.8, 4) is 6.07 Å². The topological polar surface area (TPSA) is 130 Å². The number of aromatic nitrogens is 1. The minimum atomic E-state index is -0.549. The van der Waals surface area contributed by atoms with Gasteiger partial charge in [0, 0.05) is 26.2 Å². The number of carbonyl (C=O) groups is 2. The Hall–Kier alpha value is -3.61. The number of fused-ring (bicyclic) bond motifs is 1. The molecule has 0 atom stereocenters. The van der Waals surface area contributed by atoms with E-state index in [1.54, 1.807) is 27.7 Å². The van der Waals surface area contributed by atoms with Crippen LogP contribution in [0.15, 0.2) is 18.2 Å². The molecule has 0 bridgehead atoms. The second-order valence-electron chi connectivity index (χ2n) is 11.1. The van der Waals surface area contributed by atoms with E-state index in [1.807, 2.05) is 20.8 Å². The number of likely N-dealkylation sites (tertiary alicyclic amines) is 1. The summed E-state index contributed by atoms with van der Waals surface area (Å²) in [4.78, 5) is 38.9. The van der Waals surface area contributed by atoms with Crippen molar-refractivity contribution in [2.45, 2.75) is 72.4 Å². The molecule has 1 aliphatic rings. The third-order valence-corrected chi connectivity index (χ3v) is 6.60. The molecule has 10 nitrogen and oxygen atoms in total. The van der Waals surface area contributed by atoms with E-state index in [9.17, 15) is 25.0 Å². The van der Waals surface area contributed by atoms with Gasteiger partial charge in [-0.3, -0.25) is 14.9 Å². The number of nitro groups is 1. The first-order chi connectivity index (χ1) is 17.4. The normalized spacial score (nSPS) is 14.6. The fourth-order valence-corrected chi connectivity index (χ4v) is 4.69. The first-order valence-corrected chi connectivity index (χ1v) is 12.9. The van der Waals surface area contributed by atoms with Crippen molar-refractivity contribution in [3.05, 3.63) is 39.6 Å². The van der Waals surface area contributed by atoms with Crippen LogP contribution in [0.1, 0.15) is 76.4 Å². The molecule has 1 fully saturated rings. The van der Waals surface area contributed by atoms with Gasteiger partial charge in [-0.15, -0.1) is 0 Å². The van der Waals surface area contributed by atoms with E-state index in [0.717, 1.165) is 25.7 Å². The van der Waals surface area contributed by atoms with E-state index in [1.165, 1.54) is 0 Å². The SMILES string of the molecule is CC(C)CCn1c(C(=O)N2CCC(CCNC(=O)OC(C)(C)C)CC2)c([N+](=O)[O-])c2ccc(C#N)cc21. The van der Waals surface area contributed by atoms with Crippen molar-refractivity contribution >= 4 is 28.6 Å². The quantitative estimate of drug-likeness (QED) is 0.381. The predicted octanol–water partition coefficient (Wildman–Crippen LogP) is 5.23. The second-order valence-corrected chi connectivity index (χ2v) is 11.1. The minimum Gasteiger partial charge on any atom is -0.444 e. The maximum atomic E-state index is 13.7. The van der Waals surface area contributed by atoms with Gasteiger partial charge in [-0.2, -0.15) is 5.26 Å². The highest BCUT2D eigenvalue weighted by molar-refractivity contribution is 6.06. The van der Waals surface area contributed by atoms with Crippen LogP contribution >= 0.6 is 0 Å². The van der Waals surface area contributed by atoms with Crippen LogP contribution in [0.3, 0.4) is 0 Å². The second kappa shape index (κ2) is 11.6. The first kappa shape index (κ1) is 28.0. The number of aryl methyl sites for hydroxylation is 1. The molecule has 10 heteroatoms. The molecular weight excluding hydrogens is 474 g/mol. The molecule has 1 aliphatic heterocycles. The van der Waals surface area contributed by atoms with Gasteiger partial charge in [-0.1, -0.05) is 13.8 Å². The molecule has 0 aliphatic carbocycles. The highest BCUT2D eigenvalue weighted by atomic mass is 16.6. The molecule has 0 saturated carbocycles. The van der Waals surface area contributed by atoms with E-state index >= 15 is 0 Å². The van der Waals surface area contributed by atoms with E-state index in [-0.39, 0.29) is 17.3 Å². The van der Waals surface area contributed by atoms with Crippen molar-refractivity contribution in [2.75, 3.05) is 19.6 Å². The molecule has 1 aromatic heterocycles. The van der Waals surface area contributed by atoms with Gasteiger partial charge < -0.3 is 19.5 Å². The Balaban J connectivity index is 1.77. The van der Waals surface area contributed by atoms with Crippen LogP contribution in [0.25, 0.3) is 10.9 Å². The molecule has 1 N–H and O–H groups in total. The number of piperidine rings is 1. The summed E-state index contributed by atoms with van der Waals surface area (Å²) < 4.78 is 6.99. The largest absolute Gasteiger partial charge is 0.444 e. The number of alkyl carbamates (subject to hydrolysis) is 1. The summed E-state index contributed by atoms with van der Waals surface area (Å²) in [6, 6.07) is 6.83. The summed E-state index contributed by atoms with van der Waals surface area (Å²) in [7, 11) is 0. The van der Waals surface area contributed by atoms with Crippen LogP contribution in [0.4, 0.5) is 10.5 Å². The molecule has 2 heterocycles. The van der Waals surface area contributed by atoms with Gasteiger partial charge in [0.25, 0.3) is 5.91 Å². The number of amides is 2. The van der Waals surface area contributed by atoms with Gasteiger partial charge in [-0.25, -0.2) is 4.79 Å². The molecule has 0 radical (unpaired) electrons. The standard InChI is InChI=1S/C27H37N5O5/c1-18(2)9-15-31-22-16-20(17-28)6-7-21(22)23(32(35)36)24(31)25(33)30-13-10-19(11-14-30)8-12-29-26(34)37-27(3,4)5/h6-7,16,18-19H,8-15H2,1-5H3,(H,29,34). The van der Waals surface area contributed by atoms with Crippen molar-refractivity contribution in [3.63, 3.8) is 0 Å². The Bertz CT molecular complexity index is 1200. The van der Waals surface area contributed by atoms with E-state index in [0.29, 0.717) is 54.5 Å². The number of nitriles is 1. The molecule has 0 spiro atoms. The zero-order valence-electron chi connectivity index (χ0n) is 22.4. The third-order valence-electron chi connectivity index (χ3n) is 6.60. The maximum Gasteiger partial charge on any atom is 0.407 e. The van der Waals surface area contributed by atoms with Crippen molar-refractivity contribution in [2.24, 2.45) is 11.8 Å². The number of nitrogens with zero attached hydrogens (tertiary/aromatic N) is 4. The number of carbonyl (C=O) groups excluding carboxylic acids is 2. The van der Waals surface area contributed by atoms with Crippen LogP contribution in [-0.4, -0.2) is 51.6 Å². The molecular formula is C27H37N5O5. The average Bonchev–Trinajstić information content (AvgIpc) is 3.15. The van der Waals surface area contributed by atoms with E-state index in [4.69, 9.17) is 4.74 Å². The smallest absolute Gasteiger partial charge is 0.407 e. The lowest BCUT2D eigenvalue weighted by molar-refractivity contribution is -0.383. The van der Waals surface area contributed by atoms with E-state index in [2.05, 4.69) is 25.2 Å². The lowest BCUT2D eigenvalue weighted by atomic mass is 9.93. The number of hydrogen-bond donors (Lipinski definition) is 1. The Morgan fingerprint density at radius 3 is 2.51 bits per heavy atom. The van der Waals surface area contributed by atoms with Gasteiger partial charge in [-0.05, 0) is 76.5 Å². The summed E-state index contributed by atoms with van der Waals surface area (Å²) in [6.07, 6.45) is 2.57. The zero-order chi connectivity index (χ0) is 27.3. The number of rotatable bonds is 8. The lowest BCUT2D eigenvalue weighted by Gasteiger charge is -2.32. The van der Waals surface area contributed by atoms with Crippen molar-refractivity contribution < 1.29 is 19.2 Å². The molecule has 2 aromatic rings. The Morgan fingerprint density at radius 2 is 1.95 bits per heavy atom. The average molecular weight is 512 g/mol. The Morgan fingerprint density at radius 1 is 1.27 bits per heavy atom. The highest BCUT2D eigenvalue weighted by Crippen LogP contribution is 2.36. The summed E-state index contributed by atoms with van der Waals surface area (Å²) in [5.41, 5.74) is 0.271. The lowest BCUT2D eigenvalue weighted by Crippen LogP contribution is -2.40. The Kier molecular flexibility index (Phi) is 8.79. The van der Waals surface area contributed by atoms with Crippen LogP contribution in [0.2, 0.25) is 0 Å². The molecule has 1 saturated heterocycles. The maximum absolute atomic E-state index is 13.7.